The molecule has 6 heteroatoms. The van der Waals surface area contributed by atoms with E-state index in [1.54, 1.807) is 0 Å². The molecule has 21 heavy (non-hydrogen) atoms. The zero-order valence-electron chi connectivity index (χ0n) is 11.8. The number of hydrogen-bond donors (Lipinski definition) is 2. The summed E-state index contributed by atoms with van der Waals surface area (Å²) in [5.74, 6) is -2.95. The predicted octanol–water partition coefficient (Wildman–Crippen LogP) is 0.984. The molecule has 0 bridgehead atoms. The molecule has 0 amide bonds. The molecular formula is C15H20N2O4. The summed E-state index contributed by atoms with van der Waals surface area (Å²) in [5, 5.41) is 17.8. The van der Waals surface area contributed by atoms with Crippen molar-refractivity contribution in [3.63, 3.8) is 0 Å². The molecule has 1 fully saturated rings. The lowest BCUT2D eigenvalue weighted by Gasteiger charge is -2.36. The highest BCUT2D eigenvalue weighted by Crippen LogP contribution is 2.16. The molecule has 2 rings (SSSR count). The van der Waals surface area contributed by atoms with Gasteiger partial charge in [-0.1, -0.05) is 18.2 Å². The van der Waals surface area contributed by atoms with Crippen LogP contribution in [0.15, 0.2) is 30.3 Å². The second-order valence-corrected chi connectivity index (χ2v) is 5.26. The molecule has 1 aromatic carbocycles. The first-order valence-corrected chi connectivity index (χ1v) is 7.03. The first-order chi connectivity index (χ1) is 10.1. The summed E-state index contributed by atoms with van der Waals surface area (Å²) in [7, 11) is 0. The van der Waals surface area contributed by atoms with E-state index >= 15 is 0 Å². The summed E-state index contributed by atoms with van der Waals surface area (Å²) in [6.45, 7) is 3.44. The predicted molar refractivity (Wildman–Crippen MR) is 78.5 cm³/mol. The number of anilines is 1. The smallest absolute Gasteiger partial charge is 0.308 e. The van der Waals surface area contributed by atoms with E-state index in [0.29, 0.717) is 6.54 Å². The molecule has 0 spiro atoms. The largest absolute Gasteiger partial charge is 0.481 e. The highest BCUT2D eigenvalue weighted by atomic mass is 16.4. The van der Waals surface area contributed by atoms with E-state index in [1.807, 2.05) is 23.1 Å². The van der Waals surface area contributed by atoms with Crippen LogP contribution in [0.3, 0.4) is 0 Å². The van der Waals surface area contributed by atoms with Gasteiger partial charge in [0.15, 0.2) is 0 Å². The molecule has 1 heterocycles. The Morgan fingerprint density at radius 2 is 1.67 bits per heavy atom. The summed E-state index contributed by atoms with van der Waals surface area (Å²) in [6, 6.07) is 10.1. The lowest BCUT2D eigenvalue weighted by molar-refractivity contribution is -0.149. The van der Waals surface area contributed by atoms with Crippen LogP contribution in [0, 0.1) is 5.92 Å². The number of hydrogen-bond acceptors (Lipinski definition) is 4. The number of rotatable bonds is 6. The maximum atomic E-state index is 11.1. The molecule has 0 aromatic heterocycles. The topological polar surface area (TPSA) is 81.1 Å². The molecule has 0 aliphatic carbocycles. The Balaban J connectivity index is 1.86. The van der Waals surface area contributed by atoms with Crippen molar-refractivity contribution < 1.29 is 19.8 Å². The van der Waals surface area contributed by atoms with E-state index < -0.39 is 17.9 Å². The third-order valence-corrected chi connectivity index (χ3v) is 3.74. The van der Waals surface area contributed by atoms with Crippen LogP contribution in [-0.2, 0) is 9.59 Å². The van der Waals surface area contributed by atoms with Crippen molar-refractivity contribution in [1.29, 1.82) is 0 Å². The molecule has 1 saturated heterocycles. The second-order valence-electron chi connectivity index (χ2n) is 5.26. The van der Waals surface area contributed by atoms with Gasteiger partial charge in [-0.3, -0.25) is 14.5 Å². The minimum Gasteiger partial charge on any atom is -0.481 e. The van der Waals surface area contributed by atoms with Gasteiger partial charge in [0.25, 0.3) is 0 Å². The Labute approximate surface area is 123 Å². The normalized spacial score (nSPS) is 17.4. The third-order valence-electron chi connectivity index (χ3n) is 3.74. The van der Waals surface area contributed by atoms with Crippen LogP contribution in [0.4, 0.5) is 5.69 Å². The Kier molecular flexibility index (Phi) is 5.16. The summed E-state index contributed by atoms with van der Waals surface area (Å²) < 4.78 is 0. The van der Waals surface area contributed by atoms with E-state index in [0.717, 1.165) is 31.9 Å². The van der Waals surface area contributed by atoms with Gasteiger partial charge in [-0.15, -0.1) is 0 Å². The standard InChI is InChI=1S/C15H20N2O4/c18-14(19)10-12(15(20)21)11-16-6-8-17(9-7-16)13-4-2-1-3-5-13/h1-5,12H,6-11H2,(H,18,19)(H,20,21). The number of nitrogens with zero attached hydrogens (tertiary/aromatic N) is 2. The highest BCUT2D eigenvalue weighted by molar-refractivity contribution is 5.77. The number of carbonyl (C=O) groups is 2. The fourth-order valence-corrected chi connectivity index (χ4v) is 2.58. The molecule has 1 atom stereocenters. The molecule has 1 aliphatic rings. The Morgan fingerprint density at radius 3 is 2.19 bits per heavy atom. The Bertz CT molecular complexity index is 484. The van der Waals surface area contributed by atoms with Gasteiger partial charge in [0, 0.05) is 38.4 Å². The van der Waals surface area contributed by atoms with Gasteiger partial charge >= 0.3 is 11.9 Å². The van der Waals surface area contributed by atoms with Crippen LogP contribution < -0.4 is 4.90 Å². The highest BCUT2D eigenvalue weighted by Gasteiger charge is 2.26. The Hall–Kier alpha value is -2.08. The third kappa shape index (κ3) is 4.46. The lowest BCUT2D eigenvalue weighted by atomic mass is 10.0. The van der Waals surface area contributed by atoms with E-state index in [4.69, 9.17) is 10.2 Å². The van der Waals surface area contributed by atoms with Crippen LogP contribution in [-0.4, -0.2) is 59.8 Å². The summed E-state index contributed by atoms with van der Waals surface area (Å²) >= 11 is 0. The molecule has 0 saturated carbocycles. The number of benzene rings is 1. The van der Waals surface area contributed by atoms with Crippen LogP contribution in [0.1, 0.15) is 6.42 Å². The monoisotopic (exact) mass is 292 g/mol. The van der Waals surface area contributed by atoms with Crippen molar-refractivity contribution in [2.45, 2.75) is 6.42 Å². The van der Waals surface area contributed by atoms with Crippen LogP contribution in [0.25, 0.3) is 0 Å². The molecular weight excluding hydrogens is 272 g/mol. The van der Waals surface area contributed by atoms with Gasteiger partial charge in [0.2, 0.25) is 0 Å². The van der Waals surface area contributed by atoms with Crippen molar-refractivity contribution in [2.24, 2.45) is 5.92 Å². The summed E-state index contributed by atoms with van der Waals surface area (Å²) in [4.78, 5) is 26.1. The zero-order valence-corrected chi connectivity index (χ0v) is 11.8. The van der Waals surface area contributed by atoms with Gasteiger partial charge in [-0.2, -0.15) is 0 Å². The van der Waals surface area contributed by atoms with E-state index in [-0.39, 0.29) is 6.42 Å². The molecule has 6 nitrogen and oxygen atoms in total. The van der Waals surface area contributed by atoms with Crippen LogP contribution in [0.5, 0.6) is 0 Å². The first-order valence-electron chi connectivity index (χ1n) is 7.03. The molecule has 2 N–H and O–H groups in total. The average molecular weight is 292 g/mol. The number of para-hydroxylation sites is 1. The van der Waals surface area contributed by atoms with Gasteiger partial charge in [-0.05, 0) is 12.1 Å². The van der Waals surface area contributed by atoms with E-state index in [2.05, 4.69) is 17.0 Å². The van der Waals surface area contributed by atoms with E-state index in [9.17, 15) is 9.59 Å². The van der Waals surface area contributed by atoms with Crippen LogP contribution in [0.2, 0.25) is 0 Å². The van der Waals surface area contributed by atoms with Crippen molar-refractivity contribution in [3.05, 3.63) is 30.3 Å². The fraction of sp³-hybridized carbons (Fsp3) is 0.467. The minimum atomic E-state index is -1.06. The summed E-state index contributed by atoms with van der Waals surface area (Å²) in [5.41, 5.74) is 1.16. The summed E-state index contributed by atoms with van der Waals surface area (Å²) in [6.07, 6.45) is -0.325. The van der Waals surface area contributed by atoms with Crippen LogP contribution >= 0.6 is 0 Å². The Morgan fingerprint density at radius 1 is 1.05 bits per heavy atom. The van der Waals surface area contributed by atoms with Gasteiger partial charge in [-0.25, -0.2) is 0 Å². The van der Waals surface area contributed by atoms with Crippen molar-refractivity contribution >= 4 is 17.6 Å². The van der Waals surface area contributed by atoms with Gasteiger partial charge in [0.1, 0.15) is 0 Å². The first kappa shape index (κ1) is 15.3. The molecule has 0 radical (unpaired) electrons. The lowest BCUT2D eigenvalue weighted by Crippen LogP contribution is -2.48. The molecule has 1 unspecified atom stereocenters. The minimum absolute atomic E-state index is 0.296. The maximum Gasteiger partial charge on any atom is 0.308 e. The molecule has 1 aliphatic heterocycles. The quantitative estimate of drug-likeness (QED) is 0.813. The average Bonchev–Trinajstić information content (AvgIpc) is 2.48. The van der Waals surface area contributed by atoms with E-state index in [1.165, 1.54) is 0 Å². The number of piperazine rings is 1. The number of carboxylic acid groups (broad SMARTS) is 2. The number of carboxylic acids is 2. The van der Waals surface area contributed by atoms with Gasteiger partial charge in [0.05, 0.1) is 12.3 Å². The SMILES string of the molecule is O=C(O)CC(CN1CCN(c2ccccc2)CC1)C(=O)O. The van der Waals surface area contributed by atoms with Crippen molar-refractivity contribution in [2.75, 3.05) is 37.6 Å². The zero-order chi connectivity index (χ0) is 15.2. The molecule has 1 aromatic rings. The van der Waals surface area contributed by atoms with Crippen molar-refractivity contribution in [1.82, 2.24) is 4.90 Å². The second kappa shape index (κ2) is 7.08. The maximum absolute atomic E-state index is 11.1. The fourth-order valence-electron chi connectivity index (χ4n) is 2.58. The van der Waals surface area contributed by atoms with Crippen molar-refractivity contribution in [3.8, 4) is 0 Å². The van der Waals surface area contributed by atoms with Gasteiger partial charge < -0.3 is 15.1 Å². The molecule has 114 valence electrons. The number of aliphatic carboxylic acids is 2.